The highest BCUT2D eigenvalue weighted by Gasteiger charge is 2.11. The fourth-order valence-electron chi connectivity index (χ4n) is 1.83. The van der Waals surface area contributed by atoms with E-state index >= 15 is 0 Å². The highest BCUT2D eigenvalue weighted by atomic mass is 35.5. The number of benzene rings is 2. The average molecular weight is 303 g/mol. The molecule has 0 radical (unpaired) electrons. The van der Waals surface area contributed by atoms with Gasteiger partial charge in [0, 0.05) is 17.2 Å². The second kappa shape index (κ2) is 6.90. The first-order chi connectivity index (χ1) is 10.1. The van der Waals surface area contributed by atoms with Gasteiger partial charge in [-0.25, -0.2) is 5.43 Å². The molecule has 0 atom stereocenters. The van der Waals surface area contributed by atoms with Crippen LogP contribution in [0.4, 0.5) is 0 Å². The Balaban J connectivity index is 2.02. The summed E-state index contributed by atoms with van der Waals surface area (Å²) in [6.07, 6.45) is 0.642. The molecule has 108 valence electrons. The summed E-state index contributed by atoms with van der Waals surface area (Å²) in [5.74, 6) is -0.629. The summed E-state index contributed by atoms with van der Waals surface area (Å²) in [5, 5.41) is 14.0. The molecule has 0 aliphatic heterocycles. The number of amides is 1. The van der Waals surface area contributed by atoms with Gasteiger partial charge >= 0.3 is 0 Å². The molecule has 2 aromatic rings. The monoisotopic (exact) mass is 302 g/mol. The van der Waals surface area contributed by atoms with Crippen LogP contribution in [0, 0.1) is 0 Å². The van der Waals surface area contributed by atoms with Crippen LogP contribution in [0.1, 0.15) is 22.8 Å². The lowest BCUT2D eigenvalue weighted by Crippen LogP contribution is -2.19. The molecule has 2 rings (SSSR count). The van der Waals surface area contributed by atoms with Crippen molar-refractivity contribution in [2.24, 2.45) is 5.10 Å². The van der Waals surface area contributed by atoms with Crippen molar-refractivity contribution in [3.05, 3.63) is 64.7 Å². The minimum absolute atomic E-state index is 0.0961. The maximum absolute atomic E-state index is 11.9. The van der Waals surface area contributed by atoms with Crippen molar-refractivity contribution in [3.63, 3.8) is 0 Å². The van der Waals surface area contributed by atoms with Gasteiger partial charge in [0.2, 0.25) is 0 Å². The van der Waals surface area contributed by atoms with Crippen molar-refractivity contribution in [1.82, 2.24) is 5.43 Å². The molecule has 0 fully saturated rings. The second-order valence-electron chi connectivity index (χ2n) is 4.61. The van der Waals surface area contributed by atoms with Crippen molar-refractivity contribution in [3.8, 4) is 5.75 Å². The molecule has 0 spiro atoms. The Labute approximate surface area is 128 Å². The van der Waals surface area contributed by atoms with Crippen molar-refractivity contribution in [1.29, 1.82) is 0 Å². The third-order valence-corrected chi connectivity index (χ3v) is 3.09. The van der Waals surface area contributed by atoms with Crippen molar-refractivity contribution in [2.45, 2.75) is 13.3 Å². The van der Waals surface area contributed by atoms with E-state index < -0.39 is 5.91 Å². The lowest BCUT2D eigenvalue weighted by molar-refractivity contribution is 0.0952. The molecular weight excluding hydrogens is 288 g/mol. The Morgan fingerprint density at radius 3 is 2.67 bits per heavy atom. The maximum atomic E-state index is 11.9. The number of nitrogens with zero attached hydrogens (tertiary/aromatic N) is 1. The number of carbonyl (C=O) groups is 1. The molecule has 0 unspecified atom stereocenters. The summed E-state index contributed by atoms with van der Waals surface area (Å²) in [5.41, 5.74) is 4.38. The Morgan fingerprint density at radius 2 is 1.95 bits per heavy atom. The molecule has 1 amide bonds. The van der Waals surface area contributed by atoms with E-state index in [2.05, 4.69) is 10.5 Å². The largest absolute Gasteiger partial charge is 0.507 e. The molecule has 2 N–H and O–H groups in total. The van der Waals surface area contributed by atoms with Crippen LogP contribution >= 0.6 is 11.6 Å². The average Bonchev–Trinajstić information content (AvgIpc) is 2.48. The number of halogens is 1. The predicted molar refractivity (Wildman–Crippen MR) is 83.8 cm³/mol. The van der Waals surface area contributed by atoms with E-state index in [0.29, 0.717) is 11.4 Å². The summed E-state index contributed by atoms with van der Waals surface area (Å²) in [6, 6.07) is 14.1. The quantitative estimate of drug-likeness (QED) is 0.671. The SMILES string of the molecule is C/C(Cc1ccccc1)=N\NC(=O)c1cc(Cl)ccc1O. The highest BCUT2D eigenvalue weighted by Crippen LogP contribution is 2.21. The lowest BCUT2D eigenvalue weighted by atomic mass is 10.1. The summed E-state index contributed by atoms with van der Waals surface area (Å²) >= 11 is 5.80. The van der Waals surface area contributed by atoms with Gasteiger partial charge in [-0.15, -0.1) is 0 Å². The van der Waals surface area contributed by atoms with Crippen molar-refractivity contribution >= 4 is 23.2 Å². The third kappa shape index (κ3) is 4.33. The highest BCUT2D eigenvalue weighted by molar-refractivity contribution is 6.31. The Hall–Kier alpha value is -2.33. The van der Waals surface area contributed by atoms with Crippen molar-refractivity contribution < 1.29 is 9.90 Å². The van der Waals surface area contributed by atoms with Gasteiger partial charge in [-0.3, -0.25) is 4.79 Å². The van der Waals surface area contributed by atoms with E-state index in [1.807, 2.05) is 37.3 Å². The maximum Gasteiger partial charge on any atom is 0.275 e. The van der Waals surface area contributed by atoms with Gasteiger partial charge in [-0.05, 0) is 30.7 Å². The minimum atomic E-state index is -0.498. The van der Waals surface area contributed by atoms with Gasteiger partial charge < -0.3 is 5.11 Å². The summed E-state index contributed by atoms with van der Waals surface area (Å²) in [7, 11) is 0. The molecule has 21 heavy (non-hydrogen) atoms. The van der Waals surface area contributed by atoms with Crippen LogP contribution in [0.25, 0.3) is 0 Å². The summed E-state index contributed by atoms with van der Waals surface area (Å²) in [4.78, 5) is 11.9. The zero-order chi connectivity index (χ0) is 15.2. The van der Waals surface area contributed by atoms with Gasteiger partial charge in [0.15, 0.2) is 0 Å². The van der Waals surface area contributed by atoms with Gasteiger partial charge in [0.05, 0.1) is 5.56 Å². The van der Waals surface area contributed by atoms with E-state index in [1.54, 1.807) is 0 Å². The van der Waals surface area contributed by atoms with E-state index in [4.69, 9.17) is 11.6 Å². The fraction of sp³-hybridized carbons (Fsp3) is 0.125. The summed E-state index contributed by atoms with van der Waals surface area (Å²) < 4.78 is 0. The molecule has 0 saturated heterocycles. The normalized spacial score (nSPS) is 11.2. The van der Waals surface area contributed by atoms with Gasteiger partial charge in [-0.1, -0.05) is 41.9 Å². The third-order valence-electron chi connectivity index (χ3n) is 2.85. The Kier molecular flexibility index (Phi) is 4.95. The zero-order valence-corrected chi connectivity index (χ0v) is 12.3. The van der Waals surface area contributed by atoms with Crippen LogP contribution in [0.5, 0.6) is 5.75 Å². The molecule has 4 nitrogen and oxygen atoms in total. The number of hydrogen-bond acceptors (Lipinski definition) is 3. The number of phenols is 1. The second-order valence-corrected chi connectivity index (χ2v) is 5.05. The summed E-state index contributed by atoms with van der Waals surface area (Å²) in [6.45, 7) is 1.82. The molecular formula is C16H15ClN2O2. The number of rotatable bonds is 4. The predicted octanol–water partition coefficient (Wildman–Crippen LogP) is 3.39. The number of carbonyl (C=O) groups excluding carboxylic acids is 1. The fourth-order valence-corrected chi connectivity index (χ4v) is 2.00. The Bertz CT molecular complexity index is 669. The van der Waals surface area contributed by atoms with Crippen LogP contribution < -0.4 is 5.43 Å². The molecule has 0 heterocycles. The first-order valence-corrected chi connectivity index (χ1v) is 6.80. The van der Waals surface area contributed by atoms with E-state index in [1.165, 1.54) is 18.2 Å². The van der Waals surface area contributed by atoms with Crippen LogP contribution in [0.3, 0.4) is 0 Å². The van der Waals surface area contributed by atoms with Crippen LogP contribution in [-0.4, -0.2) is 16.7 Å². The standard InChI is InChI=1S/C16H15ClN2O2/c1-11(9-12-5-3-2-4-6-12)18-19-16(21)14-10-13(17)7-8-15(14)20/h2-8,10,20H,9H2,1H3,(H,19,21)/b18-11+. The number of hydrazone groups is 1. The van der Waals surface area contributed by atoms with Crippen molar-refractivity contribution in [2.75, 3.05) is 0 Å². The minimum Gasteiger partial charge on any atom is -0.507 e. The van der Waals surface area contributed by atoms with Gasteiger partial charge in [-0.2, -0.15) is 5.10 Å². The first-order valence-electron chi connectivity index (χ1n) is 6.42. The van der Waals surface area contributed by atoms with Crippen LogP contribution in [-0.2, 0) is 6.42 Å². The molecule has 0 aromatic heterocycles. The number of hydrogen-bond donors (Lipinski definition) is 2. The molecule has 0 saturated carbocycles. The first kappa shape index (κ1) is 15.1. The Morgan fingerprint density at radius 1 is 1.24 bits per heavy atom. The molecule has 0 aliphatic carbocycles. The molecule has 0 bridgehead atoms. The van der Waals surface area contributed by atoms with E-state index in [0.717, 1.165) is 11.3 Å². The van der Waals surface area contributed by atoms with Gasteiger partial charge in [0.25, 0.3) is 5.91 Å². The topological polar surface area (TPSA) is 61.7 Å². The lowest BCUT2D eigenvalue weighted by Gasteiger charge is -2.05. The number of phenolic OH excluding ortho intramolecular Hbond substituents is 1. The van der Waals surface area contributed by atoms with E-state index in [9.17, 15) is 9.90 Å². The van der Waals surface area contributed by atoms with Crippen LogP contribution in [0.15, 0.2) is 53.6 Å². The van der Waals surface area contributed by atoms with Crippen LogP contribution in [0.2, 0.25) is 5.02 Å². The zero-order valence-electron chi connectivity index (χ0n) is 11.5. The molecule has 2 aromatic carbocycles. The van der Waals surface area contributed by atoms with Gasteiger partial charge in [0.1, 0.15) is 5.75 Å². The number of aromatic hydroxyl groups is 1. The molecule has 5 heteroatoms. The number of nitrogens with one attached hydrogen (secondary N) is 1. The van der Waals surface area contributed by atoms with E-state index in [-0.39, 0.29) is 11.3 Å². The molecule has 0 aliphatic rings. The smallest absolute Gasteiger partial charge is 0.275 e.